The summed E-state index contributed by atoms with van der Waals surface area (Å²) in [4.78, 5) is 12.8. The summed E-state index contributed by atoms with van der Waals surface area (Å²) >= 11 is 3.52. The smallest absolute Gasteiger partial charge is 0.168 e. The molecule has 0 spiro atoms. The molecule has 0 bridgehead atoms. The molecule has 0 aromatic heterocycles. The number of hydrogen-bond acceptors (Lipinski definition) is 3. The maximum atomic E-state index is 12.8. The molecule has 0 radical (unpaired) electrons. The van der Waals surface area contributed by atoms with Gasteiger partial charge in [0.1, 0.15) is 11.4 Å². The SMILES string of the molecule is COc1ccc(Br)c(CC(=O)C2(OC)CCCCCC2)c1. The molecule has 0 heterocycles. The van der Waals surface area contributed by atoms with Crippen molar-refractivity contribution in [1.29, 1.82) is 0 Å². The molecule has 3 nitrogen and oxygen atoms in total. The van der Waals surface area contributed by atoms with E-state index in [1.165, 1.54) is 12.8 Å². The van der Waals surface area contributed by atoms with Crippen molar-refractivity contribution in [3.8, 4) is 5.75 Å². The van der Waals surface area contributed by atoms with Gasteiger partial charge in [0.15, 0.2) is 5.78 Å². The first-order valence-corrected chi connectivity index (χ1v) is 8.31. The molecule has 2 rings (SSSR count). The van der Waals surface area contributed by atoms with Crippen LogP contribution in [0, 0.1) is 0 Å². The molecule has 116 valence electrons. The van der Waals surface area contributed by atoms with E-state index in [0.29, 0.717) is 6.42 Å². The summed E-state index contributed by atoms with van der Waals surface area (Å²) in [7, 11) is 3.31. The molecular formula is C17H23BrO3. The summed E-state index contributed by atoms with van der Waals surface area (Å²) in [6.45, 7) is 0. The molecule has 1 saturated carbocycles. The van der Waals surface area contributed by atoms with Crippen LogP contribution in [0.3, 0.4) is 0 Å². The quantitative estimate of drug-likeness (QED) is 0.739. The number of halogens is 1. The van der Waals surface area contributed by atoms with E-state index in [2.05, 4.69) is 15.9 Å². The van der Waals surface area contributed by atoms with Crippen molar-refractivity contribution in [1.82, 2.24) is 0 Å². The highest BCUT2D eigenvalue weighted by atomic mass is 79.9. The molecule has 0 unspecified atom stereocenters. The summed E-state index contributed by atoms with van der Waals surface area (Å²) in [5, 5.41) is 0. The van der Waals surface area contributed by atoms with Crippen LogP contribution in [0.5, 0.6) is 5.75 Å². The van der Waals surface area contributed by atoms with Crippen molar-refractivity contribution in [2.45, 2.75) is 50.5 Å². The number of carbonyl (C=O) groups is 1. The number of Topliss-reactive ketones (excluding diaryl/α,β-unsaturated/α-hetero) is 1. The standard InChI is InChI=1S/C17H23BrO3/c1-20-14-7-8-15(18)13(11-14)12-16(19)17(21-2)9-5-3-4-6-10-17/h7-8,11H,3-6,9-10,12H2,1-2H3. The van der Waals surface area contributed by atoms with E-state index in [1.54, 1.807) is 14.2 Å². The molecular weight excluding hydrogens is 332 g/mol. The zero-order valence-corrected chi connectivity index (χ0v) is 14.4. The van der Waals surface area contributed by atoms with E-state index in [0.717, 1.165) is 41.5 Å². The van der Waals surface area contributed by atoms with Crippen molar-refractivity contribution < 1.29 is 14.3 Å². The van der Waals surface area contributed by atoms with Gasteiger partial charge in [0, 0.05) is 18.0 Å². The predicted octanol–water partition coefficient (Wildman–Crippen LogP) is 4.31. The Labute approximate surface area is 135 Å². The van der Waals surface area contributed by atoms with E-state index in [9.17, 15) is 4.79 Å². The van der Waals surface area contributed by atoms with Gasteiger partial charge in [-0.2, -0.15) is 0 Å². The number of ether oxygens (including phenoxy) is 2. The lowest BCUT2D eigenvalue weighted by molar-refractivity contribution is -0.142. The second-order valence-electron chi connectivity index (χ2n) is 5.67. The third-order valence-electron chi connectivity index (χ3n) is 4.41. The normalized spacial score (nSPS) is 18.0. The minimum Gasteiger partial charge on any atom is -0.497 e. The summed E-state index contributed by atoms with van der Waals surface area (Å²) in [5.74, 6) is 0.953. The minimum atomic E-state index is -0.598. The average molecular weight is 355 g/mol. The maximum absolute atomic E-state index is 12.8. The highest BCUT2D eigenvalue weighted by molar-refractivity contribution is 9.10. The number of carbonyl (C=O) groups excluding carboxylic acids is 1. The van der Waals surface area contributed by atoms with Gasteiger partial charge in [-0.15, -0.1) is 0 Å². The first-order chi connectivity index (χ1) is 10.1. The Morgan fingerprint density at radius 1 is 1.19 bits per heavy atom. The van der Waals surface area contributed by atoms with Crippen LogP contribution in [0.25, 0.3) is 0 Å². The third kappa shape index (κ3) is 3.86. The van der Waals surface area contributed by atoms with Crippen LogP contribution in [0.2, 0.25) is 0 Å². The van der Waals surface area contributed by atoms with Crippen LogP contribution in [0.1, 0.15) is 44.1 Å². The van der Waals surface area contributed by atoms with E-state index in [1.807, 2.05) is 18.2 Å². The van der Waals surface area contributed by atoms with Gasteiger partial charge in [-0.3, -0.25) is 4.79 Å². The van der Waals surface area contributed by atoms with E-state index >= 15 is 0 Å². The molecule has 1 fully saturated rings. The zero-order valence-electron chi connectivity index (χ0n) is 12.8. The number of benzene rings is 1. The Balaban J connectivity index is 2.19. The fourth-order valence-electron chi connectivity index (χ4n) is 3.04. The van der Waals surface area contributed by atoms with Crippen molar-refractivity contribution in [2.75, 3.05) is 14.2 Å². The van der Waals surface area contributed by atoms with Crippen LogP contribution in [0.15, 0.2) is 22.7 Å². The molecule has 4 heteroatoms. The first kappa shape index (κ1) is 16.5. The van der Waals surface area contributed by atoms with E-state index in [-0.39, 0.29) is 5.78 Å². The minimum absolute atomic E-state index is 0.181. The van der Waals surface area contributed by atoms with Gasteiger partial charge in [0.2, 0.25) is 0 Å². The van der Waals surface area contributed by atoms with Gasteiger partial charge >= 0.3 is 0 Å². The Kier molecular flexibility index (Phi) is 5.82. The van der Waals surface area contributed by atoms with Crippen LogP contribution >= 0.6 is 15.9 Å². The van der Waals surface area contributed by atoms with E-state index in [4.69, 9.17) is 9.47 Å². The molecule has 1 aliphatic carbocycles. The van der Waals surface area contributed by atoms with Crippen molar-refractivity contribution in [3.05, 3.63) is 28.2 Å². The Hall–Kier alpha value is -0.870. The monoisotopic (exact) mass is 354 g/mol. The third-order valence-corrected chi connectivity index (χ3v) is 5.19. The molecule has 1 aromatic rings. The Morgan fingerprint density at radius 3 is 2.43 bits per heavy atom. The fraction of sp³-hybridized carbons (Fsp3) is 0.588. The molecule has 0 aliphatic heterocycles. The van der Waals surface area contributed by atoms with Crippen LogP contribution in [-0.2, 0) is 16.0 Å². The number of rotatable bonds is 5. The second-order valence-corrected chi connectivity index (χ2v) is 6.52. The lowest BCUT2D eigenvalue weighted by Gasteiger charge is -2.30. The molecule has 21 heavy (non-hydrogen) atoms. The van der Waals surface area contributed by atoms with Crippen LogP contribution in [0.4, 0.5) is 0 Å². The second kappa shape index (κ2) is 7.41. The van der Waals surface area contributed by atoms with Gasteiger partial charge in [0.05, 0.1) is 7.11 Å². The molecule has 0 atom stereocenters. The lowest BCUT2D eigenvalue weighted by Crippen LogP contribution is -2.41. The molecule has 0 N–H and O–H groups in total. The summed E-state index contributed by atoms with van der Waals surface area (Å²) in [6.07, 6.45) is 6.58. The number of methoxy groups -OCH3 is 2. The first-order valence-electron chi connectivity index (χ1n) is 7.52. The van der Waals surface area contributed by atoms with E-state index < -0.39 is 5.60 Å². The van der Waals surface area contributed by atoms with Crippen molar-refractivity contribution in [2.24, 2.45) is 0 Å². The van der Waals surface area contributed by atoms with Crippen molar-refractivity contribution >= 4 is 21.7 Å². The molecule has 1 aliphatic rings. The lowest BCUT2D eigenvalue weighted by atomic mass is 9.86. The molecule has 1 aromatic carbocycles. The summed E-state index contributed by atoms with van der Waals surface area (Å²) < 4.78 is 11.9. The van der Waals surface area contributed by atoms with Gasteiger partial charge in [-0.05, 0) is 36.6 Å². The topological polar surface area (TPSA) is 35.5 Å². The van der Waals surface area contributed by atoms with Gasteiger partial charge in [0.25, 0.3) is 0 Å². The summed E-state index contributed by atoms with van der Waals surface area (Å²) in [6, 6.07) is 5.73. The van der Waals surface area contributed by atoms with Gasteiger partial charge in [-0.25, -0.2) is 0 Å². The van der Waals surface area contributed by atoms with Gasteiger partial charge in [-0.1, -0.05) is 41.6 Å². The number of hydrogen-bond donors (Lipinski definition) is 0. The zero-order chi connectivity index (χ0) is 15.3. The van der Waals surface area contributed by atoms with Crippen LogP contribution in [-0.4, -0.2) is 25.6 Å². The largest absolute Gasteiger partial charge is 0.497 e. The maximum Gasteiger partial charge on any atom is 0.168 e. The fourth-order valence-corrected chi connectivity index (χ4v) is 3.43. The Morgan fingerprint density at radius 2 is 1.86 bits per heavy atom. The van der Waals surface area contributed by atoms with Crippen molar-refractivity contribution in [3.63, 3.8) is 0 Å². The van der Waals surface area contributed by atoms with Crippen LogP contribution < -0.4 is 4.74 Å². The van der Waals surface area contributed by atoms with Gasteiger partial charge < -0.3 is 9.47 Å². The highest BCUT2D eigenvalue weighted by Gasteiger charge is 2.38. The summed E-state index contributed by atoms with van der Waals surface area (Å²) in [5.41, 5.74) is 0.360. The Bertz CT molecular complexity index is 491. The molecule has 0 amide bonds. The predicted molar refractivity (Wildman–Crippen MR) is 86.8 cm³/mol. The average Bonchev–Trinajstić information content (AvgIpc) is 2.76. The number of ketones is 1. The highest BCUT2D eigenvalue weighted by Crippen LogP contribution is 2.33. The molecule has 0 saturated heterocycles.